The molecule has 1 saturated carbocycles. The van der Waals surface area contributed by atoms with Crippen LogP contribution in [-0.2, 0) is 0 Å². The second kappa shape index (κ2) is 6.02. The maximum atomic E-state index is 12.8. The van der Waals surface area contributed by atoms with Crippen molar-refractivity contribution in [2.24, 2.45) is 0 Å². The van der Waals surface area contributed by atoms with Crippen LogP contribution in [0.5, 0.6) is 0 Å². The molecular formula is C14H21FN2S. The molecule has 0 aliphatic heterocycles. The van der Waals surface area contributed by atoms with Crippen LogP contribution in [0.4, 0.5) is 4.39 Å². The minimum Gasteiger partial charge on any atom is -0.307 e. The first-order valence-corrected chi connectivity index (χ1v) is 7.78. The van der Waals surface area contributed by atoms with E-state index >= 15 is 0 Å². The average Bonchev–Trinajstić information content (AvgIpc) is 2.86. The van der Waals surface area contributed by atoms with Crippen molar-refractivity contribution in [1.82, 2.24) is 10.3 Å². The number of hydrogen-bond donors (Lipinski definition) is 1. The summed E-state index contributed by atoms with van der Waals surface area (Å²) in [6.07, 6.45) is 8.76. The Morgan fingerprint density at radius 1 is 1.44 bits per heavy atom. The number of pyridine rings is 1. The Kier molecular flexibility index (Phi) is 4.62. The van der Waals surface area contributed by atoms with Crippen LogP contribution in [0, 0.1) is 5.82 Å². The predicted octanol–water partition coefficient (Wildman–Crippen LogP) is 3.55. The van der Waals surface area contributed by atoms with Gasteiger partial charge in [-0.1, -0.05) is 12.8 Å². The molecule has 0 spiro atoms. The fourth-order valence-electron chi connectivity index (χ4n) is 2.56. The van der Waals surface area contributed by atoms with E-state index in [9.17, 15) is 4.39 Å². The van der Waals surface area contributed by atoms with Crippen molar-refractivity contribution < 1.29 is 4.39 Å². The molecule has 4 heteroatoms. The summed E-state index contributed by atoms with van der Waals surface area (Å²) in [5.74, 6) is -0.276. The van der Waals surface area contributed by atoms with Crippen LogP contribution in [0.25, 0.3) is 0 Å². The molecule has 1 unspecified atom stereocenters. The second-order valence-corrected chi connectivity index (χ2v) is 6.37. The minimum absolute atomic E-state index is 0.176. The molecule has 1 aliphatic carbocycles. The molecular weight excluding hydrogens is 247 g/mol. The number of nitrogens with zero attached hydrogens (tertiary/aromatic N) is 1. The SMILES string of the molecule is CSC1(CNC(C)c2ccc(F)cn2)CCCC1. The van der Waals surface area contributed by atoms with E-state index in [4.69, 9.17) is 0 Å². The Bertz CT molecular complexity index is 374. The molecule has 0 radical (unpaired) electrons. The first kappa shape index (κ1) is 13.8. The molecule has 0 saturated heterocycles. The van der Waals surface area contributed by atoms with Gasteiger partial charge in [0.15, 0.2) is 0 Å². The van der Waals surface area contributed by atoms with Crippen molar-refractivity contribution in [3.05, 3.63) is 29.8 Å². The molecule has 100 valence electrons. The van der Waals surface area contributed by atoms with Crippen LogP contribution < -0.4 is 5.32 Å². The van der Waals surface area contributed by atoms with Crippen LogP contribution >= 0.6 is 11.8 Å². The van der Waals surface area contributed by atoms with E-state index in [2.05, 4.69) is 23.5 Å². The summed E-state index contributed by atoms with van der Waals surface area (Å²) in [5.41, 5.74) is 0.908. The maximum absolute atomic E-state index is 12.8. The summed E-state index contributed by atoms with van der Waals surface area (Å²) in [4.78, 5) is 4.13. The molecule has 18 heavy (non-hydrogen) atoms. The summed E-state index contributed by atoms with van der Waals surface area (Å²) in [6, 6.07) is 3.41. The lowest BCUT2D eigenvalue weighted by Crippen LogP contribution is -2.36. The molecule has 1 aliphatic rings. The second-order valence-electron chi connectivity index (χ2n) is 5.10. The Hall–Kier alpha value is -0.610. The van der Waals surface area contributed by atoms with Gasteiger partial charge >= 0.3 is 0 Å². The zero-order valence-electron chi connectivity index (χ0n) is 11.1. The van der Waals surface area contributed by atoms with Gasteiger partial charge in [-0.05, 0) is 38.2 Å². The smallest absolute Gasteiger partial charge is 0.141 e. The summed E-state index contributed by atoms with van der Waals surface area (Å²) in [7, 11) is 0. The monoisotopic (exact) mass is 268 g/mol. The van der Waals surface area contributed by atoms with Crippen LogP contribution in [0.3, 0.4) is 0 Å². The molecule has 1 aromatic rings. The first-order chi connectivity index (χ1) is 8.65. The highest BCUT2D eigenvalue weighted by Gasteiger charge is 2.32. The third-order valence-electron chi connectivity index (χ3n) is 3.87. The Morgan fingerprint density at radius 3 is 2.72 bits per heavy atom. The average molecular weight is 268 g/mol. The molecule has 0 aromatic carbocycles. The highest BCUT2D eigenvalue weighted by Crippen LogP contribution is 2.39. The van der Waals surface area contributed by atoms with Crippen LogP contribution in [0.15, 0.2) is 18.3 Å². The molecule has 2 nitrogen and oxygen atoms in total. The van der Waals surface area contributed by atoms with Crippen molar-refractivity contribution in [1.29, 1.82) is 0 Å². The molecule has 1 N–H and O–H groups in total. The van der Waals surface area contributed by atoms with Gasteiger partial charge in [0, 0.05) is 17.3 Å². The van der Waals surface area contributed by atoms with E-state index in [0.29, 0.717) is 4.75 Å². The highest BCUT2D eigenvalue weighted by molar-refractivity contribution is 8.00. The van der Waals surface area contributed by atoms with Gasteiger partial charge in [0.05, 0.1) is 11.9 Å². The van der Waals surface area contributed by atoms with E-state index in [1.165, 1.54) is 37.9 Å². The quantitative estimate of drug-likeness (QED) is 0.884. The van der Waals surface area contributed by atoms with Crippen molar-refractivity contribution >= 4 is 11.8 Å². The van der Waals surface area contributed by atoms with Crippen molar-refractivity contribution in [3.63, 3.8) is 0 Å². The van der Waals surface area contributed by atoms with Gasteiger partial charge in [-0.25, -0.2) is 4.39 Å². The lowest BCUT2D eigenvalue weighted by Gasteiger charge is -2.28. The third-order valence-corrected chi connectivity index (χ3v) is 5.29. The fourth-order valence-corrected chi connectivity index (χ4v) is 3.48. The van der Waals surface area contributed by atoms with Gasteiger partial charge in [-0.2, -0.15) is 11.8 Å². The fraction of sp³-hybridized carbons (Fsp3) is 0.643. The normalized spacial score (nSPS) is 19.9. The standard InChI is InChI=1S/C14H21FN2S/c1-11(13-6-5-12(15)9-16-13)17-10-14(18-2)7-3-4-8-14/h5-6,9,11,17H,3-4,7-8,10H2,1-2H3. The Morgan fingerprint density at radius 2 is 2.17 bits per heavy atom. The molecule has 1 fully saturated rings. The zero-order chi connectivity index (χ0) is 13.0. The molecule has 0 amide bonds. The Labute approximate surface area is 113 Å². The van der Waals surface area contributed by atoms with Gasteiger partial charge in [0.1, 0.15) is 5.82 Å². The van der Waals surface area contributed by atoms with Crippen molar-refractivity contribution in [3.8, 4) is 0 Å². The summed E-state index contributed by atoms with van der Waals surface area (Å²) in [6.45, 7) is 3.09. The van der Waals surface area contributed by atoms with E-state index in [0.717, 1.165) is 12.2 Å². The molecule has 1 aromatic heterocycles. The van der Waals surface area contributed by atoms with Gasteiger partial charge in [0.25, 0.3) is 0 Å². The lowest BCUT2D eigenvalue weighted by atomic mass is 10.1. The number of hydrogen-bond acceptors (Lipinski definition) is 3. The van der Waals surface area contributed by atoms with Crippen molar-refractivity contribution in [2.45, 2.75) is 43.4 Å². The van der Waals surface area contributed by atoms with Crippen LogP contribution in [0.2, 0.25) is 0 Å². The van der Waals surface area contributed by atoms with Crippen LogP contribution in [0.1, 0.15) is 44.3 Å². The predicted molar refractivity (Wildman–Crippen MR) is 75.3 cm³/mol. The van der Waals surface area contributed by atoms with E-state index in [-0.39, 0.29) is 11.9 Å². The van der Waals surface area contributed by atoms with Gasteiger partial charge in [-0.3, -0.25) is 4.98 Å². The summed E-state index contributed by atoms with van der Waals surface area (Å²) in [5, 5.41) is 3.55. The number of rotatable bonds is 5. The van der Waals surface area contributed by atoms with E-state index in [1.807, 2.05) is 11.8 Å². The number of thioether (sulfide) groups is 1. The molecule has 1 heterocycles. The van der Waals surface area contributed by atoms with Gasteiger partial charge in [-0.15, -0.1) is 0 Å². The van der Waals surface area contributed by atoms with E-state index in [1.54, 1.807) is 6.07 Å². The van der Waals surface area contributed by atoms with Gasteiger partial charge in [0.2, 0.25) is 0 Å². The summed E-state index contributed by atoms with van der Waals surface area (Å²) < 4.78 is 13.2. The van der Waals surface area contributed by atoms with Gasteiger partial charge < -0.3 is 5.32 Å². The largest absolute Gasteiger partial charge is 0.307 e. The number of nitrogens with one attached hydrogen (secondary N) is 1. The summed E-state index contributed by atoms with van der Waals surface area (Å²) >= 11 is 1.98. The zero-order valence-corrected chi connectivity index (χ0v) is 11.9. The molecule has 0 bridgehead atoms. The molecule has 2 rings (SSSR count). The third kappa shape index (κ3) is 3.23. The van der Waals surface area contributed by atoms with Crippen LogP contribution in [-0.4, -0.2) is 22.5 Å². The number of halogens is 1. The maximum Gasteiger partial charge on any atom is 0.141 e. The Balaban J connectivity index is 1.91. The minimum atomic E-state index is -0.276. The first-order valence-electron chi connectivity index (χ1n) is 6.55. The lowest BCUT2D eigenvalue weighted by molar-refractivity contribution is 0.479. The highest BCUT2D eigenvalue weighted by atomic mass is 32.2. The molecule has 1 atom stereocenters. The van der Waals surface area contributed by atoms with Crippen molar-refractivity contribution in [2.75, 3.05) is 12.8 Å². The topological polar surface area (TPSA) is 24.9 Å². The van der Waals surface area contributed by atoms with E-state index < -0.39 is 0 Å². The number of aromatic nitrogens is 1.